The highest BCUT2D eigenvalue weighted by molar-refractivity contribution is 6.30. The lowest BCUT2D eigenvalue weighted by Crippen LogP contribution is -2.35. The predicted molar refractivity (Wildman–Crippen MR) is 88.5 cm³/mol. The fourth-order valence-corrected chi connectivity index (χ4v) is 2.23. The first-order chi connectivity index (χ1) is 11.1. The molecular formula is C17H15ClN2O3. The molecule has 23 heavy (non-hydrogen) atoms. The second-order valence-corrected chi connectivity index (χ2v) is 5.36. The molecule has 0 spiro atoms. The Morgan fingerprint density at radius 3 is 2.35 bits per heavy atom. The van der Waals surface area contributed by atoms with Crippen molar-refractivity contribution in [3.63, 3.8) is 0 Å². The number of hydrogen-bond donors (Lipinski definition) is 2. The largest absolute Gasteiger partial charge is 0.486 e. The van der Waals surface area contributed by atoms with E-state index >= 15 is 0 Å². The average Bonchev–Trinajstić information content (AvgIpc) is 2.59. The lowest BCUT2D eigenvalue weighted by atomic mass is 10.1. The Kier molecular flexibility index (Phi) is 4.39. The Balaban J connectivity index is 1.63. The number of hydrogen-bond acceptors (Lipinski definition) is 4. The molecule has 2 N–H and O–H groups in total. The van der Waals surface area contributed by atoms with Crippen molar-refractivity contribution in [2.45, 2.75) is 0 Å². The summed E-state index contributed by atoms with van der Waals surface area (Å²) in [5.41, 5.74) is 7.23. The quantitative estimate of drug-likeness (QED) is 0.846. The summed E-state index contributed by atoms with van der Waals surface area (Å²) < 4.78 is 11.0. The van der Waals surface area contributed by atoms with Crippen LogP contribution in [0.2, 0.25) is 5.02 Å². The van der Waals surface area contributed by atoms with E-state index in [0.717, 1.165) is 5.56 Å². The SMILES string of the molecule is C=C(NNC(=O)c1ccc(Cl)cc1)c1ccc2c(c1)OCCO2. The number of rotatable bonds is 4. The molecular weight excluding hydrogens is 316 g/mol. The van der Waals surface area contributed by atoms with Crippen LogP contribution >= 0.6 is 11.6 Å². The van der Waals surface area contributed by atoms with E-state index < -0.39 is 0 Å². The summed E-state index contributed by atoms with van der Waals surface area (Å²) in [4.78, 5) is 12.0. The van der Waals surface area contributed by atoms with Crippen LogP contribution in [0, 0.1) is 0 Å². The molecule has 2 aromatic rings. The molecule has 3 rings (SSSR count). The van der Waals surface area contributed by atoms with E-state index in [-0.39, 0.29) is 5.91 Å². The van der Waals surface area contributed by atoms with Crippen LogP contribution in [0.25, 0.3) is 5.70 Å². The fraction of sp³-hybridized carbons (Fsp3) is 0.118. The fourth-order valence-electron chi connectivity index (χ4n) is 2.11. The van der Waals surface area contributed by atoms with E-state index in [9.17, 15) is 4.79 Å². The number of carbonyl (C=O) groups excluding carboxylic acids is 1. The van der Waals surface area contributed by atoms with Gasteiger partial charge in [0.2, 0.25) is 0 Å². The van der Waals surface area contributed by atoms with Gasteiger partial charge in [0.15, 0.2) is 11.5 Å². The molecule has 0 saturated carbocycles. The minimum atomic E-state index is -0.277. The van der Waals surface area contributed by atoms with Gasteiger partial charge in [0.25, 0.3) is 5.91 Å². The highest BCUT2D eigenvalue weighted by Crippen LogP contribution is 2.32. The minimum absolute atomic E-state index is 0.277. The normalized spacial score (nSPS) is 12.4. The molecule has 1 amide bonds. The van der Waals surface area contributed by atoms with Gasteiger partial charge in [0.1, 0.15) is 13.2 Å². The van der Waals surface area contributed by atoms with Crippen molar-refractivity contribution < 1.29 is 14.3 Å². The van der Waals surface area contributed by atoms with Crippen molar-refractivity contribution in [1.29, 1.82) is 0 Å². The zero-order valence-electron chi connectivity index (χ0n) is 12.3. The number of amides is 1. The summed E-state index contributed by atoms with van der Waals surface area (Å²) in [7, 11) is 0. The molecule has 1 aliphatic heterocycles. The second-order valence-electron chi connectivity index (χ2n) is 4.92. The zero-order chi connectivity index (χ0) is 16.2. The highest BCUT2D eigenvalue weighted by Gasteiger charge is 2.13. The molecule has 5 nitrogen and oxygen atoms in total. The van der Waals surface area contributed by atoms with Crippen molar-refractivity contribution in [3.8, 4) is 11.5 Å². The Labute approximate surface area is 138 Å². The lowest BCUT2D eigenvalue weighted by Gasteiger charge is -2.19. The van der Waals surface area contributed by atoms with Crippen molar-refractivity contribution in [1.82, 2.24) is 10.9 Å². The highest BCUT2D eigenvalue weighted by atomic mass is 35.5. The van der Waals surface area contributed by atoms with Crippen LogP contribution in [0.1, 0.15) is 15.9 Å². The molecule has 0 unspecified atom stereocenters. The first kappa shape index (κ1) is 15.2. The number of hydrazine groups is 1. The van der Waals surface area contributed by atoms with Crippen molar-refractivity contribution >= 4 is 23.2 Å². The Bertz CT molecular complexity index is 744. The third-order valence-electron chi connectivity index (χ3n) is 3.32. The van der Waals surface area contributed by atoms with E-state index in [1.807, 2.05) is 18.2 Å². The third kappa shape index (κ3) is 3.57. The van der Waals surface area contributed by atoms with Crippen molar-refractivity contribution in [3.05, 3.63) is 65.2 Å². The van der Waals surface area contributed by atoms with Gasteiger partial charge in [0, 0.05) is 16.1 Å². The van der Waals surface area contributed by atoms with Crippen LogP contribution in [0.4, 0.5) is 0 Å². The van der Waals surface area contributed by atoms with Crippen LogP contribution < -0.4 is 20.3 Å². The summed E-state index contributed by atoms with van der Waals surface area (Å²) in [6.07, 6.45) is 0. The monoisotopic (exact) mass is 330 g/mol. The molecule has 0 radical (unpaired) electrons. The van der Waals surface area contributed by atoms with Crippen molar-refractivity contribution in [2.75, 3.05) is 13.2 Å². The Morgan fingerprint density at radius 2 is 1.61 bits per heavy atom. The minimum Gasteiger partial charge on any atom is -0.486 e. The van der Waals surface area contributed by atoms with E-state index in [4.69, 9.17) is 21.1 Å². The van der Waals surface area contributed by atoms with Gasteiger partial charge in [-0.1, -0.05) is 18.2 Å². The smallest absolute Gasteiger partial charge is 0.269 e. The van der Waals surface area contributed by atoms with Crippen molar-refractivity contribution in [2.24, 2.45) is 0 Å². The molecule has 0 aliphatic carbocycles. The van der Waals surface area contributed by atoms with Gasteiger partial charge in [-0.05, 0) is 42.5 Å². The van der Waals surface area contributed by atoms with Gasteiger partial charge in [-0.25, -0.2) is 0 Å². The van der Waals surface area contributed by atoms with E-state index in [1.165, 1.54) is 0 Å². The zero-order valence-corrected chi connectivity index (χ0v) is 13.0. The van der Waals surface area contributed by atoms with Gasteiger partial charge < -0.3 is 9.47 Å². The summed E-state index contributed by atoms with van der Waals surface area (Å²) in [6, 6.07) is 12.1. The number of carbonyl (C=O) groups is 1. The lowest BCUT2D eigenvalue weighted by molar-refractivity contribution is 0.0942. The summed E-state index contributed by atoms with van der Waals surface area (Å²) >= 11 is 5.80. The number of nitrogens with one attached hydrogen (secondary N) is 2. The third-order valence-corrected chi connectivity index (χ3v) is 3.58. The molecule has 2 aromatic carbocycles. The van der Waals surface area contributed by atoms with E-state index in [0.29, 0.717) is 41.0 Å². The molecule has 0 atom stereocenters. The maximum absolute atomic E-state index is 12.0. The first-order valence-electron chi connectivity index (χ1n) is 7.04. The summed E-state index contributed by atoms with van der Waals surface area (Å²) in [5, 5.41) is 0.579. The van der Waals surface area contributed by atoms with Gasteiger partial charge in [0.05, 0.1) is 5.70 Å². The van der Waals surface area contributed by atoms with Crippen LogP contribution in [-0.4, -0.2) is 19.1 Å². The molecule has 0 fully saturated rings. The van der Waals surface area contributed by atoms with Crippen LogP contribution in [-0.2, 0) is 0 Å². The molecule has 6 heteroatoms. The van der Waals surface area contributed by atoms with Gasteiger partial charge in [-0.15, -0.1) is 0 Å². The van der Waals surface area contributed by atoms with E-state index in [1.54, 1.807) is 24.3 Å². The second kappa shape index (κ2) is 6.62. The van der Waals surface area contributed by atoms with Crippen LogP contribution in [0.15, 0.2) is 49.0 Å². The molecule has 0 bridgehead atoms. The number of benzene rings is 2. The summed E-state index contributed by atoms with van der Waals surface area (Å²) in [5.74, 6) is 1.10. The molecule has 1 aliphatic rings. The van der Waals surface area contributed by atoms with Crippen LogP contribution in [0.5, 0.6) is 11.5 Å². The molecule has 1 heterocycles. The Morgan fingerprint density at radius 1 is 0.957 bits per heavy atom. The average molecular weight is 331 g/mol. The standard InChI is InChI=1S/C17H15ClN2O3/c1-11(13-4-7-15-16(10-13)23-9-8-22-15)19-20-17(21)12-2-5-14(18)6-3-12/h2-7,10,19H,1,8-9H2,(H,20,21). The van der Waals surface area contributed by atoms with Crippen LogP contribution in [0.3, 0.4) is 0 Å². The molecule has 0 aromatic heterocycles. The topological polar surface area (TPSA) is 59.6 Å². The van der Waals surface area contributed by atoms with Gasteiger partial charge >= 0.3 is 0 Å². The summed E-state index contributed by atoms with van der Waals surface area (Å²) in [6.45, 7) is 4.97. The molecule has 0 saturated heterocycles. The first-order valence-corrected chi connectivity index (χ1v) is 7.42. The van der Waals surface area contributed by atoms with Gasteiger partial charge in [-0.2, -0.15) is 0 Å². The number of halogens is 1. The molecule has 118 valence electrons. The van der Waals surface area contributed by atoms with Gasteiger partial charge in [-0.3, -0.25) is 15.6 Å². The van der Waals surface area contributed by atoms with E-state index in [2.05, 4.69) is 17.4 Å². The number of ether oxygens (including phenoxy) is 2. The Hall–Kier alpha value is -2.66. The maximum atomic E-state index is 12.0. The predicted octanol–water partition coefficient (Wildman–Crippen LogP) is 3.02. The maximum Gasteiger partial charge on any atom is 0.269 e. The number of fused-ring (bicyclic) bond motifs is 1.